The van der Waals surface area contributed by atoms with Crippen molar-refractivity contribution in [3.8, 4) is 0 Å². The molecule has 0 atom stereocenters. The molecule has 5 nitrogen and oxygen atoms in total. The minimum Gasteiger partial charge on any atom is -0.478 e. The van der Waals surface area contributed by atoms with E-state index < -0.39 is 11.9 Å². The zero-order valence-electron chi connectivity index (χ0n) is 13.2. The molecule has 0 aliphatic rings. The highest BCUT2D eigenvalue weighted by atomic mass is 35.5. The van der Waals surface area contributed by atoms with Crippen LogP contribution in [-0.4, -0.2) is 22.1 Å². The van der Waals surface area contributed by atoms with Crippen LogP contribution in [0.1, 0.15) is 21.5 Å². The van der Waals surface area contributed by atoms with E-state index in [-0.39, 0.29) is 10.7 Å². The SMILES string of the molecule is Cc1ccc(C(=O)O)cc1NC(=S)NC(=O)/C=C/c1ccc(Cl)cc1. The van der Waals surface area contributed by atoms with Crippen molar-refractivity contribution in [1.82, 2.24) is 5.32 Å². The first kappa shape index (κ1) is 18.6. The van der Waals surface area contributed by atoms with Crippen molar-refractivity contribution in [3.63, 3.8) is 0 Å². The number of benzene rings is 2. The van der Waals surface area contributed by atoms with Gasteiger partial charge in [-0.15, -0.1) is 0 Å². The summed E-state index contributed by atoms with van der Waals surface area (Å²) < 4.78 is 0. The van der Waals surface area contributed by atoms with E-state index in [2.05, 4.69) is 10.6 Å². The number of rotatable bonds is 4. The number of anilines is 1. The van der Waals surface area contributed by atoms with E-state index in [4.69, 9.17) is 28.9 Å². The lowest BCUT2D eigenvalue weighted by atomic mass is 10.1. The van der Waals surface area contributed by atoms with Crippen LogP contribution in [-0.2, 0) is 4.79 Å². The normalized spacial score (nSPS) is 10.5. The van der Waals surface area contributed by atoms with E-state index in [1.54, 1.807) is 43.3 Å². The Hall–Kier alpha value is -2.70. The minimum absolute atomic E-state index is 0.0800. The highest BCUT2D eigenvalue weighted by molar-refractivity contribution is 7.80. The maximum absolute atomic E-state index is 11.9. The monoisotopic (exact) mass is 374 g/mol. The van der Waals surface area contributed by atoms with Gasteiger partial charge in [-0.3, -0.25) is 10.1 Å². The van der Waals surface area contributed by atoms with Gasteiger partial charge in [0.1, 0.15) is 0 Å². The summed E-state index contributed by atoms with van der Waals surface area (Å²) >= 11 is 10.9. The molecule has 2 aromatic rings. The highest BCUT2D eigenvalue weighted by Crippen LogP contribution is 2.17. The summed E-state index contributed by atoms with van der Waals surface area (Å²) in [5.74, 6) is -1.44. The number of hydrogen-bond donors (Lipinski definition) is 3. The molecule has 0 aromatic heterocycles. The number of carbonyl (C=O) groups excluding carboxylic acids is 1. The van der Waals surface area contributed by atoms with Crippen molar-refractivity contribution in [2.24, 2.45) is 0 Å². The standard InChI is InChI=1S/C18H15ClN2O3S/c1-11-2-6-13(17(23)24)10-15(11)20-18(25)21-16(22)9-5-12-3-7-14(19)8-4-12/h2-10H,1H3,(H,23,24)(H2,20,21,22,25)/b9-5+. The molecule has 1 amide bonds. The largest absolute Gasteiger partial charge is 0.478 e. The average molecular weight is 375 g/mol. The van der Waals surface area contributed by atoms with Crippen LogP contribution in [0.4, 0.5) is 5.69 Å². The molecule has 7 heteroatoms. The molecule has 2 aromatic carbocycles. The fourth-order valence-electron chi connectivity index (χ4n) is 1.94. The number of aryl methyl sites for hydroxylation is 1. The Labute approximate surface area is 155 Å². The molecule has 2 rings (SSSR count). The number of carboxylic acid groups (broad SMARTS) is 1. The molecule has 128 valence electrons. The summed E-state index contributed by atoms with van der Waals surface area (Å²) in [5.41, 5.74) is 2.28. The molecule has 0 spiro atoms. The number of carboxylic acids is 1. The van der Waals surface area contributed by atoms with Crippen molar-refractivity contribution in [3.05, 3.63) is 70.3 Å². The van der Waals surface area contributed by atoms with E-state index >= 15 is 0 Å². The number of carbonyl (C=O) groups is 2. The number of nitrogens with one attached hydrogen (secondary N) is 2. The first-order chi connectivity index (χ1) is 11.8. The van der Waals surface area contributed by atoms with Crippen molar-refractivity contribution in [2.45, 2.75) is 6.92 Å². The predicted octanol–water partition coefficient (Wildman–Crippen LogP) is 3.87. The van der Waals surface area contributed by atoms with Crippen LogP contribution in [0, 0.1) is 6.92 Å². The maximum Gasteiger partial charge on any atom is 0.335 e. The summed E-state index contributed by atoms with van der Waals surface area (Å²) in [6.07, 6.45) is 2.97. The van der Waals surface area contributed by atoms with Crippen molar-refractivity contribution in [2.75, 3.05) is 5.32 Å². The molecule has 25 heavy (non-hydrogen) atoms. The Morgan fingerprint density at radius 2 is 1.84 bits per heavy atom. The van der Waals surface area contributed by atoms with Gasteiger partial charge in [0.25, 0.3) is 0 Å². The number of aromatic carboxylic acids is 1. The maximum atomic E-state index is 11.9. The number of thiocarbonyl (C=S) groups is 1. The third-order valence-corrected chi connectivity index (χ3v) is 3.72. The molecular formula is C18H15ClN2O3S. The average Bonchev–Trinajstić information content (AvgIpc) is 2.56. The molecule has 0 aliphatic heterocycles. The lowest BCUT2D eigenvalue weighted by molar-refractivity contribution is -0.115. The van der Waals surface area contributed by atoms with Crippen LogP contribution >= 0.6 is 23.8 Å². The number of hydrogen-bond acceptors (Lipinski definition) is 3. The molecule has 0 bridgehead atoms. The highest BCUT2D eigenvalue weighted by Gasteiger charge is 2.08. The summed E-state index contributed by atoms with van der Waals surface area (Å²) in [5, 5.41) is 15.1. The van der Waals surface area contributed by atoms with Crippen molar-refractivity contribution < 1.29 is 14.7 Å². The molecule has 3 N–H and O–H groups in total. The van der Waals surface area contributed by atoms with Crippen LogP contribution in [0.3, 0.4) is 0 Å². The van der Waals surface area contributed by atoms with Gasteiger partial charge < -0.3 is 10.4 Å². The summed E-state index contributed by atoms with van der Waals surface area (Å²) in [6.45, 7) is 1.80. The van der Waals surface area contributed by atoms with Crippen molar-refractivity contribution in [1.29, 1.82) is 0 Å². The van der Waals surface area contributed by atoms with Gasteiger partial charge in [0, 0.05) is 16.8 Å². The minimum atomic E-state index is -1.04. The third-order valence-electron chi connectivity index (χ3n) is 3.27. The van der Waals surface area contributed by atoms with Gasteiger partial charge in [0.05, 0.1) is 5.56 Å². The quantitative estimate of drug-likeness (QED) is 0.559. The van der Waals surface area contributed by atoms with Gasteiger partial charge >= 0.3 is 5.97 Å². The Morgan fingerprint density at radius 1 is 1.16 bits per heavy atom. The molecule has 0 unspecified atom stereocenters. The second-order valence-corrected chi connectivity index (χ2v) is 6.01. The summed E-state index contributed by atoms with van der Waals surface area (Å²) in [4.78, 5) is 22.9. The van der Waals surface area contributed by atoms with Gasteiger partial charge in [-0.1, -0.05) is 29.8 Å². The second-order valence-electron chi connectivity index (χ2n) is 5.16. The first-order valence-electron chi connectivity index (χ1n) is 7.25. The lowest BCUT2D eigenvalue weighted by Gasteiger charge is -2.11. The van der Waals surface area contributed by atoms with E-state index in [9.17, 15) is 9.59 Å². The lowest BCUT2D eigenvalue weighted by Crippen LogP contribution is -2.33. The fourth-order valence-corrected chi connectivity index (χ4v) is 2.28. The van der Waals surface area contributed by atoms with E-state index in [0.29, 0.717) is 10.7 Å². The third kappa shape index (κ3) is 5.70. The summed E-state index contributed by atoms with van der Waals surface area (Å²) in [6, 6.07) is 11.6. The van der Waals surface area contributed by atoms with Gasteiger partial charge in [0.2, 0.25) is 5.91 Å². The molecule has 0 fully saturated rings. The van der Waals surface area contributed by atoms with Gasteiger partial charge in [-0.25, -0.2) is 4.79 Å². The van der Waals surface area contributed by atoms with Crippen LogP contribution < -0.4 is 10.6 Å². The Bertz CT molecular complexity index is 848. The molecule has 0 aliphatic carbocycles. The topological polar surface area (TPSA) is 78.4 Å². The van der Waals surface area contributed by atoms with Crippen LogP contribution in [0.15, 0.2) is 48.5 Å². The molecule has 0 saturated carbocycles. The summed E-state index contributed by atoms with van der Waals surface area (Å²) in [7, 11) is 0. The zero-order valence-corrected chi connectivity index (χ0v) is 14.8. The van der Waals surface area contributed by atoms with Gasteiger partial charge in [-0.05, 0) is 60.6 Å². The Balaban J connectivity index is 1.97. The van der Waals surface area contributed by atoms with E-state index in [1.807, 2.05) is 0 Å². The number of amides is 1. The fraction of sp³-hybridized carbons (Fsp3) is 0.0556. The van der Waals surface area contributed by atoms with Crippen molar-refractivity contribution >= 4 is 52.6 Å². The molecular weight excluding hydrogens is 360 g/mol. The smallest absolute Gasteiger partial charge is 0.335 e. The molecule has 0 saturated heterocycles. The van der Waals surface area contributed by atoms with Gasteiger partial charge in [-0.2, -0.15) is 0 Å². The Kier molecular flexibility index (Phi) is 6.27. The first-order valence-corrected chi connectivity index (χ1v) is 8.03. The van der Waals surface area contributed by atoms with E-state index in [1.165, 1.54) is 18.2 Å². The number of halogens is 1. The van der Waals surface area contributed by atoms with E-state index in [0.717, 1.165) is 11.1 Å². The molecule has 0 radical (unpaired) electrons. The van der Waals surface area contributed by atoms with Crippen LogP contribution in [0.2, 0.25) is 5.02 Å². The predicted molar refractivity (Wildman–Crippen MR) is 103 cm³/mol. The zero-order chi connectivity index (χ0) is 18.4. The second kappa shape index (κ2) is 8.41. The van der Waals surface area contributed by atoms with Gasteiger partial charge in [0.15, 0.2) is 5.11 Å². The van der Waals surface area contributed by atoms with Crippen LogP contribution in [0.5, 0.6) is 0 Å². The molecule has 0 heterocycles. The Morgan fingerprint density at radius 3 is 2.48 bits per heavy atom. The van der Waals surface area contributed by atoms with Crippen LogP contribution in [0.25, 0.3) is 6.08 Å².